The molecule has 0 radical (unpaired) electrons. The fourth-order valence-electron chi connectivity index (χ4n) is 2.89. The van der Waals surface area contributed by atoms with Crippen LogP contribution >= 0.6 is 22.9 Å². The van der Waals surface area contributed by atoms with Crippen LogP contribution in [0.5, 0.6) is 0 Å². The molecule has 0 aliphatic carbocycles. The number of rotatable bonds is 5. The first-order valence-electron chi connectivity index (χ1n) is 8.61. The molecular formula is C17H27N5S2. The van der Waals surface area contributed by atoms with Crippen molar-refractivity contribution in [2.45, 2.75) is 52.5 Å². The lowest BCUT2D eigenvalue weighted by Gasteiger charge is -2.31. The van der Waals surface area contributed by atoms with E-state index in [4.69, 9.17) is 0 Å². The zero-order valence-corrected chi connectivity index (χ0v) is 16.6. The molecule has 2 aromatic heterocycles. The minimum absolute atomic E-state index is 0.0236. The summed E-state index contributed by atoms with van der Waals surface area (Å²) in [6.45, 7) is 12.8. The molecule has 0 amide bonds. The molecule has 0 aromatic carbocycles. The highest BCUT2D eigenvalue weighted by Gasteiger charge is 2.22. The maximum absolute atomic E-state index is 4.62. The van der Waals surface area contributed by atoms with Gasteiger partial charge in [-0.2, -0.15) is 4.37 Å². The third-order valence-electron chi connectivity index (χ3n) is 4.40. The third kappa shape index (κ3) is 4.74. The van der Waals surface area contributed by atoms with Crippen molar-refractivity contribution >= 4 is 28.0 Å². The molecule has 0 atom stereocenters. The van der Waals surface area contributed by atoms with Crippen LogP contribution in [0.4, 0.5) is 5.13 Å². The first kappa shape index (κ1) is 17.8. The van der Waals surface area contributed by atoms with Crippen LogP contribution in [-0.4, -0.2) is 38.9 Å². The predicted molar refractivity (Wildman–Crippen MR) is 102 cm³/mol. The van der Waals surface area contributed by atoms with Gasteiger partial charge in [0, 0.05) is 35.4 Å². The van der Waals surface area contributed by atoms with Crippen LogP contribution in [0.25, 0.3) is 0 Å². The molecule has 1 N–H and O–H groups in total. The molecule has 132 valence electrons. The Kier molecular flexibility index (Phi) is 5.52. The first-order valence-corrected chi connectivity index (χ1v) is 10.3. The van der Waals surface area contributed by atoms with Crippen LogP contribution < -0.4 is 5.32 Å². The number of anilines is 1. The quantitative estimate of drug-likeness (QED) is 0.870. The fraction of sp³-hybridized carbons (Fsp3) is 0.706. The number of hydrogen-bond donors (Lipinski definition) is 1. The normalized spacial score (nSPS) is 17.3. The van der Waals surface area contributed by atoms with Crippen LogP contribution in [0.1, 0.15) is 50.1 Å². The van der Waals surface area contributed by atoms with Crippen LogP contribution in [0.15, 0.2) is 5.38 Å². The van der Waals surface area contributed by atoms with E-state index in [1.165, 1.54) is 30.1 Å². The number of thiazole rings is 1. The van der Waals surface area contributed by atoms with E-state index < -0.39 is 0 Å². The van der Waals surface area contributed by atoms with Crippen molar-refractivity contribution in [3.63, 3.8) is 0 Å². The molecule has 5 nitrogen and oxygen atoms in total. The number of likely N-dealkylation sites (tertiary alicyclic amines) is 1. The molecule has 1 saturated heterocycles. The van der Waals surface area contributed by atoms with Crippen LogP contribution in [0, 0.1) is 12.8 Å². The van der Waals surface area contributed by atoms with Crippen molar-refractivity contribution in [1.82, 2.24) is 19.2 Å². The summed E-state index contributed by atoms with van der Waals surface area (Å²) in [5.41, 5.74) is 1.24. The first-order chi connectivity index (χ1) is 11.4. The maximum atomic E-state index is 4.62. The molecule has 0 saturated carbocycles. The Morgan fingerprint density at radius 2 is 2.00 bits per heavy atom. The van der Waals surface area contributed by atoms with E-state index in [1.54, 1.807) is 11.3 Å². The monoisotopic (exact) mass is 365 g/mol. The van der Waals surface area contributed by atoms with Gasteiger partial charge in [0.1, 0.15) is 5.82 Å². The molecule has 2 aromatic rings. The largest absolute Gasteiger partial charge is 0.360 e. The Labute approximate surface area is 152 Å². The zero-order valence-electron chi connectivity index (χ0n) is 15.0. The predicted octanol–water partition coefficient (Wildman–Crippen LogP) is 3.92. The van der Waals surface area contributed by atoms with Gasteiger partial charge in [0.15, 0.2) is 0 Å². The van der Waals surface area contributed by atoms with E-state index >= 15 is 0 Å². The zero-order chi connectivity index (χ0) is 17.2. The Hall–Kier alpha value is -1.05. The highest BCUT2D eigenvalue weighted by molar-refractivity contribution is 7.09. The fourth-order valence-corrected chi connectivity index (χ4v) is 4.26. The van der Waals surface area contributed by atoms with Crippen LogP contribution in [0.3, 0.4) is 0 Å². The number of hydrogen-bond acceptors (Lipinski definition) is 7. The average molecular weight is 366 g/mol. The van der Waals surface area contributed by atoms with Crippen molar-refractivity contribution < 1.29 is 0 Å². The second-order valence-corrected chi connectivity index (χ2v) is 9.45. The van der Waals surface area contributed by atoms with E-state index in [0.717, 1.165) is 48.1 Å². The number of nitrogens with one attached hydrogen (secondary N) is 1. The lowest BCUT2D eigenvalue weighted by Crippen LogP contribution is -2.35. The summed E-state index contributed by atoms with van der Waals surface area (Å²) >= 11 is 3.22. The average Bonchev–Trinajstić information content (AvgIpc) is 3.15. The van der Waals surface area contributed by atoms with Gasteiger partial charge in [-0.25, -0.2) is 9.97 Å². The molecular weight excluding hydrogens is 338 g/mol. The standard InChI is InChI=1S/C17H27N5S2/c1-12-19-14(11-23-12)10-22-7-5-13(6-8-22)9-18-16-20-15(21-24-16)17(2,3)4/h11,13H,5-10H2,1-4H3,(H,18,20,21). The van der Waals surface area contributed by atoms with Gasteiger partial charge in [-0.05, 0) is 38.8 Å². The third-order valence-corrected chi connectivity index (χ3v) is 5.89. The molecule has 24 heavy (non-hydrogen) atoms. The summed E-state index contributed by atoms with van der Waals surface area (Å²) < 4.78 is 4.47. The van der Waals surface area contributed by atoms with E-state index in [9.17, 15) is 0 Å². The Balaban J connectivity index is 1.41. The van der Waals surface area contributed by atoms with Gasteiger partial charge in [0.2, 0.25) is 5.13 Å². The van der Waals surface area contributed by atoms with Gasteiger partial charge in [-0.1, -0.05) is 20.8 Å². The van der Waals surface area contributed by atoms with Crippen molar-refractivity contribution in [3.05, 3.63) is 21.9 Å². The molecule has 0 bridgehead atoms. The van der Waals surface area contributed by atoms with E-state index in [2.05, 4.69) is 57.6 Å². The SMILES string of the molecule is Cc1nc(CN2CCC(CNc3nc(C(C)(C)C)ns3)CC2)cs1. The molecule has 0 spiro atoms. The maximum Gasteiger partial charge on any atom is 0.202 e. The second-order valence-electron chi connectivity index (χ2n) is 7.63. The number of aryl methyl sites for hydroxylation is 1. The summed E-state index contributed by atoms with van der Waals surface area (Å²) in [4.78, 5) is 11.7. The van der Waals surface area contributed by atoms with Crippen LogP contribution in [0.2, 0.25) is 0 Å². The van der Waals surface area contributed by atoms with Crippen molar-refractivity contribution in [2.24, 2.45) is 5.92 Å². The summed E-state index contributed by atoms with van der Waals surface area (Å²) in [6.07, 6.45) is 2.47. The topological polar surface area (TPSA) is 53.9 Å². The number of aromatic nitrogens is 3. The highest BCUT2D eigenvalue weighted by Crippen LogP contribution is 2.24. The Bertz CT molecular complexity index is 650. The van der Waals surface area contributed by atoms with Crippen molar-refractivity contribution in [2.75, 3.05) is 25.0 Å². The smallest absolute Gasteiger partial charge is 0.202 e. The molecule has 3 heterocycles. The highest BCUT2D eigenvalue weighted by atomic mass is 32.1. The summed E-state index contributed by atoms with van der Waals surface area (Å²) in [5, 5.41) is 7.80. The second kappa shape index (κ2) is 7.45. The molecule has 0 unspecified atom stereocenters. The molecule has 1 aliphatic heterocycles. The Morgan fingerprint density at radius 3 is 2.58 bits per heavy atom. The molecule has 1 fully saturated rings. The van der Waals surface area contributed by atoms with Crippen molar-refractivity contribution in [3.8, 4) is 0 Å². The molecule has 3 rings (SSSR count). The summed E-state index contributed by atoms with van der Waals surface area (Å²) in [5.74, 6) is 1.66. The number of piperidine rings is 1. The minimum Gasteiger partial charge on any atom is -0.360 e. The lowest BCUT2D eigenvalue weighted by molar-refractivity contribution is 0.181. The minimum atomic E-state index is 0.0236. The summed E-state index contributed by atoms with van der Waals surface area (Å²) in [7, 11) is 0. The van der Waals surface area contributed by atoms with E-state index in [-0.39, 0.29) is 5.41 Å². The van der Waals surface area contributed by atoms with Gasteiger partial charge in [-0.15, -0.1) is 11.3 Å². The van der Waals surface area contributed by atoms with Gasteiger partial charge in [0.05, 0.1) is 10.7 Å². The van der Waals surface area contributed by atoms with Gasteiger partial charge in [0.25, 0.3) is 0 Å². The number of nitrogens with zero attached hydrogens (tertiary/aromatic N) is 4. The molecule has 7 heteroatoms. The van der Waals surface area contributed by atoms with Crippen LogP contribution in [-0.2, 0) is 12.0 Å². The Morgan fingerprint density at radius 1 is 1.25 bits per heavy atom. The van der Waals surface area contributed by atoms with E-state index in [0.29, 0.717) is 0 Å². The van der Waals surface area contributed by atoms with Gasteiger partial charge >= 0.3 is 0 Å². The molecule has 1 aliphatic rings. The van der Waals surface area contributed by atoms with Gasteiger partial charge < -0.3 is 5.32 Å². The van der Waals surface area contributed by atoms with Gasteiger partial charge in [-0.3, -0.25) is 4.90 Å². The van der Waals surface area contributed by atoms with Crippen molar-refractivity contribution in [1.29, 1.82) is 0 Å². The van der Waals surface area contributed by atoms with E-state index in [1.807, 2.05) is 0 Å². The lowest BCUT2D eigenvalue weighted by atomic mass is 9.96. The summed E-state index contributed by atoms with van der Waals surface area (Å²) in [6, 6.07) is 0.